The molecule has 0 aromatic rings. The monoisotopic (exact) mass is 274 g/mol. The van der Waals surface area contributed by atoms with Crippen molar-refractivity contribution in [2.24, 2.45) is 0 Å². The Hall–Kier alpha value is -1.08. The molecule has 7 heteroatoms. The predicted octanol–water partition coefficient (Wildman–Crippen LogP) is 0.386. The molecule has 1 rings (SSSR count). The van der Waals surface area contributed by atoms with Gasteiger partial charge in [-0.15, -0.1) is 0 Å². The first kappa shape index (κ1) is 13.0. The Bertz CT molecular complexity index is 325. The van der Waals surface area contributed by atoms with Crippen molar-refractivity contribution in [1.82, 2.24) is 3.95 Å². The van der Waals surface area contributed by atoms with Crippen molar-refractivity contribution in [2.45, 2.75) is 31.5 Å². The van der Waals surface area contributed by atoms with Crippen molar-refractivity contribution in [3.05, 3.63) is 0 Å². The fourth-order valence-electron chi connectivity index (χ4n) is 1.11. The molecule has 1 saturated heterocycles. The molecule has 0 spiro atoms. The van der Waals surface area contributed by atoms with E-state index in [1.54, 1.807) is 0 Å². The van der Waals surface area contributed by atoms with Gasteiger partial charge in [0.05, 0.1) is 0 Å². The van der Waals surface area contributed by atoms with Gasteiger partial charge in [-0.2, -0.15) is 0 Å². The van der Waals surface area contributed by atoms with Crippen molar-refractivity contribution in [2.75, 3.05) is 6.61 Å². The second-order valence-corrected chi connectivity index (χ2v) is 4.80. The molecule has 16 heavy (non-hydrogen) atoms. The summed E-state index contributed by atoms with van der Waals surface area (Å²) in [7, 11) is 0. The number of hydrogen-bond acceptors (Lipinski definition) is 5. The standard InChI is InChI=1S/C5H9O2.C4H5NO2.Co.O/c1-3-4-7-5(2)6;6-3-1-2-4(7)5-3;;/h2-4H2,1H3;1-2H2,(H,5,6,7);;/q;;+1;/p-1. The average molecular weight is 274 g/mol. The van der Waals surface area contributed by atoms with E-state index < -0.39 is 36.9 Å². The van der Waals surface area contributed by atoms with Crippen LogP contribution in [0.1, 0.15) is 26.2 Å². The van der Waals surface area contributed by atoms with Gasteiger partial charge in [0, 0.05) is 0 Å². The quantitative estimate of drug-likeness (QED) is 0.535. The van der Waals surface area contributed by atoms with Gasteiger partial charge in [0.15, 0.2) is 0 Å². The Morgan fingerprint density at radius 3 is 2.44 bits per heavy atom. The molecule has 1 aliphatic heterocycles. The van der Waals surface area contributed by atoms with E-state index in [2.05, 4.69) is 0 Å². The van der Waals surface area contributed by atoms with Crippen LogP contribution in [0.5, 0.6) is 0 Å². The summed E-state index contributed by atoms with van der Waals surface area (Å²) in [5.74, 6) is -1.60. The first-order valence-corrected chi connectivity index (χ1v) is 6.47. The van der Waals surface area contributed by atoms with Gasteiger partial charge < -0.3 is 0 Å². The Balaban J connectivity index is 2.48. The number of ether oxygens (including phenoxy) is 1. The summed E-state index contributed by atoms with van der Waals surface area (Å²) in [6.45, 7) is 2.09. The van der Waals surface area contributed by atoms with E-state index in [1.165, 1.54) is 0 Å². The van der Waals surface area contributed by atoms with Crippen molar-refractivity contribution >= 4 is 17.8 Å². The number of amides is 2. The number of esters is 1. The van der Waals surface area contributed by atoms with Crippen molar-refractivity contribution < 1.29 is 36.8 Å². The third kappa shape index (κ3) is 3.21. The van der Waals surface area contributed by atoms with E-state index >= 15 is 0 Å². The molecular formula is C9H13CoNO5. The zero-order valence-electron chi connectivity index (χ0n) is 8.86. The normalized spacial score (nSPS) is 16.6. The van der Waals surface area contributed by atoms with Crippen LogP contribution in [0.3, 0.4) is 0 Å². The summed E-state index contributed by atoms with van der Waals surface area (Å²) >= 11 is -2.28. The predicted molar refractivity (Wildman–Crippen MR) is 47.8 cm³/mol. The Morgan fingerprint density at radius 1 is 1.38 bits per heavy atom. The third-order valence-corrected chi connectivity index (χ3v) is 3.45. The SMILES string of the molecule is CCCOC(=O)[CH2][Co](=[O])[N]1C(=O)CCC1=O. The molecular weight excluding hydrogens is 261 g/mol. The molecule has 2 amide bonds. The van der Waals surface area contributed by atoms with Crippen molar-refractivity contribution in [3.8, 4) is 0 Å². The first-order chi connectivity index (χ1) is 7.56. The van der Waals surface area contributed by atoms with Crippen molar-refractivity contribution in [3.63, 3.8) is 0 Å². The molecule has 1 fully saturated rings. The minimum atomic E-state index is -2.28. The molecule has 1 aliphatic rings. The van der Waals surface area contributed by atoms with Crippen LogP contribution < -0.4 is 0 Å². The maximum absolute atomic E-state index is 11.6. The van der Waals surface area contributed by atoms with E-state index in [0.29, 0.717) is 10.4 Å². The molecule has 0 aliphatic carbocycles. The zero-order valence-corrected chi connectivity index (χ0v) is 9.90. The van der Waals surface area contributed by atoms with E-state index in [0.717, 1.165) is 0 Å². The molecule has 0 radical (unpaired) electrons. The van der Waals surface area contributed by atoms with Gasteiger partial charge in [0.25, 0.3) is 0 Å². The van der Waals surface area contributed by atoms with Gasteiger partial charge in [-0.1, -0.05) is 0 Å². The van der Waals surface area contributed by atoms with E-state index in [-0.39, 0.29) is 19.4 Å². The minimum absolute atomic E-state index is 0.0727. The third-order valence-electron chi connectivity index (χ3n) is 1.80. The molecule has 0 unspecified atom stereocenters. The van der Waals surface area contributed by atoms with Crippen LogP contribution in [0, 0.1) is 0 Å². The summed E-state index contributed by atoms with van der Waals surface area (Å²) in [6.07, 6.45) is 0.816. The summed E-state index contributed by atoms with van der Waals surface area (Å²) in [5.41, 5.74) is 0. The summed E-state index contributed by atoms with van der Waals surface area (Å²) in [5, 5.41) is -0.412. The molecule has 0 bridgehead atoms. The summed E-state index contributed by atoms with van der Waals surface area (Å²) < 4.78 is 17.0. The number of carbonyl (C=O) groups is 3. The number of nitrogens with zero attached hydrogens (tertiary/aromatic N) is 1. The van der Waals surface area contributed by atoms with Crippen LogP contribution in [0.2, 0.25) is 5.36 Å². The van der Waals surface area contributed by atoms with E-state index in [9.17, 15) is 18.2 Å². The Kier molecular flexibility index (Phi) is 4.75. The molecule has 6 nitrogen and oxygen atoms in total. The second-order valence-electron chi connectivity index (χ2n) is 3.15. The molecule has 93 valence electrons. The van der Waals surface area contributed by atoms with Crippen molar-refractivity contribution in [1.29, 1.82) is 0 Å². The van der Waals surface area contributed by atoms with Crippen LogP contribution in [0.4, 0.5) is 0 Å². The molecule has 0 atom stereocenters. The van der Waals surface area contributed by atoms with E-state index in [1.807, 2.05) is 6.92 Å². The van der Waals surface area contributed by atoms with E-state index in [4.69, 9.17) is 4.74 Å². The fraction of sp³-hybridized carbons (Fsp3) is 0.667. The fourth-order valence-corrected chi connectivity index (χ4v) is 2.45. The topological polar surface area (TPSA) is 80.8 Å². The Morgan fingerprint density at radius 2 is 1.94 bits per heavy atom. The molecule has 0 N–H and O–H groups in total. The van der Waals surface area contributed by atoms with Gasteiger partial charge in [-0.3, -0.25) is 0 Å². The average Bonchev–Trinajstić information content (AvgIpc) is 2.55. The molecule has 0 saturated carbocycles. The van der Waals surface area contributed by atoms with Crippen LogP contribution in [-0.4, -0.2) is 28.3 Å². The molecule has 0 aromatic heterocycles. The number of imide groups is 1. The molecule has 0 aromatic carbocycles. The second kappa shape index (κ2) is 5.85. The number of hydrogen-bond donors (Lipinski definition) is 0. The van der Waals surface area contributed by atoms with Crippen LogP contribution in [0.15, 0.2) is 0 Å². The van der Waals surface area contributed by atoms with Crippen LogP contribution in [0.25, 0.3) is 0 Å². The van der Waals surface area contributed by atoms with Crippen LogP contribution >= 0.6 is 0 Å². The van der Waals surface area contributed by atoms with Gasteiger partial charge >= 0.3 is 96.7 Å². The van der Waals surface area contributed by atoms with Gasteiger partial charge in [-0.05, 0) is 0 Å². The number of carbonyl (C=O) groups excluding carboxylic acids is 3. The molecule has 1 heterocycles. The number of rotatable bonds is 5. The Labute approximate surface area is 97.1 Å². The van der Waals surface area contributed by atoms with Crippen LogP contribution in [-0.2, 0) is 36.8 Å². The zero-order chi connectivity index (χ0) is 12.1. The van der Waals surface area contributed by atoms with Gasteiger partial charge in [0.2, 0.25) is 0 Å². The first-order valence-electron chi connectivity index (χ1n) is 4.84. The van der Waals surface area contributed by atoms with Gasteiger partial charge in [-0.25, -0.2) is 0 Å². The maximum atomic E-state index is 11.6. The summed E-state index contributed by atoms with van der Waals surface area (Å²) in [6, 6.07) is 0. The van der Waals surface area contributed by atoms with Gasteiger partial charge in [0.1, 0.15) is 0 Å². The summed E-state index contributed by atoms with van der Waals surface area (Å²) in [4.78, 5) is 33.5.